The van der Waals surface area contributed by atoms with E-state index in [0.29, 0.717) is 16.9 Å². The average molecular weight is 346 g/mol. The first-order valence-electron chi connectivity index (χ1n) is 8.15. The molecule has 0 spiro atoms. The molecule has 0 saturated carbocycles. The standard InChI is InChI=1S/C21H19FN2Si/c1-2-17-25(22,19-13-7-4-8-14-19)21-16-10-9-15-20(21)24-23-18-11-5-3-6-12-18/h2-16H,1,17H2/t25-/m1/s1. The molecule has 0 aliphatic carbocycles. The Morgan fingerprint density at radius 2 is 1.40 bits per heavy atom. The zero-order valence-electron chi connectivity index (χ0n) is 13.8. The van der Waals surface area contributed by atoms with Gasteiger partial charge in [0.1, 0.15) is 0 Å². The number of hydrogen-bond acceptors (Lipinski definition) is 2. The van der Waals surface area contributed by atoms with Crippen LogP contribution in [0, 0.1) is 0 Å². The number of azo groups is 1. The summed E-state index contributed by atoms with van der Waals surface area (Å²) in [5, 5.41) is 9.94. The molecule has 0 aliphatic heterocycles. The van der Waals surface area contributed by atoms with E-state index < -0.39 is 8.41 Å². The van der Waals surface area contributed by atoms with Gasteiger partial charge in [-0.15, -0.1) is 6.58 Å². The van der Waals surface area contributed by atoms with Crippen LogP contribution in [0.15, 0.2) is 108 Å². The largest absolute Gasteiger partial charge is 0.314 e. The molecule has 0 N–H and O–H groups in total. The van der Waals surface area contributed by atoms with Gasteiger partial charge in [0.25, 0.3) is 0 Å². The third-order valence-corrected chi connectivity index (χ3v) is 7.39. The molecule has 25 heavy (non-hydrogen) atoms. The second-order valence-electron chi connectivity index (χ2n) is 5.71. The highest BCUT2D eigenvalue weighted by Gasteiger charge is 2.39. The smallest absolute Gasteiger partial charge is 0.301 e. The van der Waals surface area contributed by atoms with Crippen LogP contribution in [0.5, 0.6) is 0 Å². The van der Waals surface area contributed by atoms with Crippen LogP contribution in [0.25, 0.3) is 0 Å². The van der Waals surface area contributed by atoms with Crippen molar-refractivity contribution in [3.63, 3.8) is 0 Å². The quantitative estimate of drug-likeness (QED) is 0.250. The molecule has 0 saturated heterocycles. The highest BCUT2D eigenvalue weighted by atomic mass is 28.4. The van der Waals surface area contributed by atoms with E-state index in [1.165, 1.54) is 0 Å². The van der Waals surface area contributed by atoms with E-state index in [2.05, 4.69) is 16.8 Å². The van der Waals surface area contributed by atoms with Crippen molar-refractivity contribution in [2.75, 3.05) is 0 Å². The lowest BCUT2D eigenvalue weighted by atomic mass is 10.3. The second-order valence-corrected chi connectivity index (χ2v) is 8.84. The molecule has 2 nitrogen and oxygen atoms in total. The molecule has 4 heteroatoms. The van der Waals surface area contributed by atoms with Crippen molar-refractivity contribution in [2.45, 2.75) is 6.04 Å². The first kappa shape index (κ1) is 17.0. The van der Waals surface area contributed by atoms with Gasteiger partial charge in [-0.2, -0.15) is 10.2 Å². The van der Waals surface area contributed by atoms with E-state index >= 15 is 4.11 Å². The molecule has 0 radical (unpaired) electrons. The lowest BCUT2D eigenvalue weighted by molar-refractivity contribution is 0.822. The fraction of sp³-hybridized carbons (Fsp3) is 0.0476. The van der Waals surface area contributed by atoms with Gasteiger partial charge in [0.2, 0.25) is 0 Å². The van der Waals surface area contributed by atoms with Crippen molar-refractivity contribution in [1.29, 1.82) is 0 Å². The van der Waals surface area contributed by atoms with Crippen molar-refractivity contribution < 1.29 is 4.11 Å². The van der Waals surface area contributed by atoms with E-state index in [9.17, 15) is 0 Å². The molecular weight excluding hydrogens is 327 g/mol. The monoisotopic (exact) mass is 346 g/mol. The minimum Gasteiger partial charge on any atom is -0.301 e. The Morgan fingerprint density at radius 1 is 0.800 bits per heavy atom. The zero-order chi connectivity index (χ0) is 17.5. The Labute approximate surface area is 148 Å². The molecule has 124 valence electrons. The molecule has 0 aliphatic rings. The van der Waals surface area contributed by atoms with Crippen LogP contribution in [-0.4, -0.2) is 8.41 Å². The van der Waals surface area contributed by atoms with Crippen LogP contribution < -0.4 is 10.4 Å². The summed E-state index contributed by atoms with van der Waals surface area (Å²) in [6.45, 7) is 3.76. The topological polar surface area (TPSA) is 24.7 Å². The molecule has 0 fully saturated rings. The first-order valence-corrected chi connectivity index (χ1v) is 10.2. The van der Waals surface area contributed by atoms with Gasteiger partial charge in [-0.1, -0.05) is 72.8 Å². The van der Waals surface area contributed by atoms with Gasteiger partial charge in [-0.25, -0.2) is 0 Å². The Kier molecular flexibility index (Phi) is 5.31. The molecule has 3 aromatic carbocycles. The molecule has 0 heterocycles. The van der Waals surface area contributed by atoms with Crippen molar-refractivity contribution in [1.82, 2.24) is 0 Å². The van der Waals surface area contributed by atoms with Crippen molar-refractivity contribution in [3.05, 3.63) is 97.6 Å². The van der Waals surface area contributed by atoms with Gasteiger partial charge in [0.15, 0.2) is 0 Å². The maximum atomic E-state index is 16.2. The predicted molar refractivity (Wildman–Crippen MR) is 105 cm³/mol. The Bertz CT molecular complexity index is 865. The van der Waals surface area contributed by atoms with Gasteiger partial charge in [-0.3, -0.25) is 0 Å². The van der Waals surface area contributed by atoms with Gasteiger partial charge < -0.3 is 4.11 Å². The SMILES string of the molecule is C=CC[Si@@](F)(c1ccccc1)c1ccccc1N=Nc1ccccc1. The Morgan fingerprint density at radius 3 is 2.08 bits per heavy atom. The van der Waals surface area contributed by atoms with Crippen LogP contribution in [0.2, 0.25) is 6.04 Å². The van der Waals surface area contributed by atoms with Crippen LogP contribution in [-0.2, 0) is 0 Å². The molecule has 0 bridgehead atoms. The predicted octanol–water partition coefficient (Wildman–Crippen LogP) is 5.32. The molecule has 0 unspecified atom stereocenters. The summed E-state index contributed by atoms with van der Waals surface area (Å²) < 4.78 is 16.2. The highest BCUT2D eigenvalue weighted by Crippen LogP contribution is 2.22. The number of benzene rings is 3. The van der Waals surface area contributed by atoms with E-state index in [-0.39, 0.29) is 0 Å². The van der Waals surface area contributed by atoms with Crippen LogP contribution in [0.3, 0.4) is 0 Å². The number of hydrogen-bond donors (Lipinski definition) is 0. The molecule has 3 rings (SSSR count). The molecular formula is C21H19FN2Si. The number of allylic oxidation sites excluding steroid dienone is 1. The maximum Gasteiger partial charge on any atom is 0.314 e. The van der Waals surface area contributed by atoms with Crippen LogP contribution in [0.1, 0.15) is 0 Å². The Hall–Kier alpha value is -2.85. The summed E-state index contributed by atoms with van der Waals surface area (Å²) in [6, 6.07) is 26.4. The second kappa shape index (κ2) is 7.81. The van der Waals surface area contributed by atoms with Crippen LogP contribution >= 0.6 is 0 Å². The Balaban J connectivity index is 2.06. The third kappa shape index (κ3) is 3.80. The van der Waals surface area contributed by atoms with Crippen molar-refractivity contribution >= 4 is 30.2 Å². The molecule has 1 atom stereocenters. The molecule has 0 amide bonds. The maximum absolute atomic E-state index is 16.2. The summed E-state index contributed by atoms with van der Waals surface area (Å²) in [6.07, 6.45) is 1.66. The van der Waals surface area contributed by atoms with E-state index in [4.69, 9.17) is 0 Å². The first-order chi connectivity index (χ1) is 12.2. The lowest BCUT2D eigenvalue weighted by Gasteiger charge is -2.23. The number of nitrogens with zero attached hydrogens (tertiary/aromatic N) is 2. The summed E-state index contributed by atoms with van der Waals surface area (Å²) in [5.74, 6) is 0. The number of rotatable bonds is 6. The van der Waals surface area contributed by atoms with E-state index in [1.807, 2.05) is 84.9 Å². The van der Waals surface area contributed by atoms with Gasteiger partial charge in [0.05, 0.1) is 11.4 Å². The summed E-state index contributed by atoms with van der Waals surface area (Å²) in [5.41, 5.74) is 1.32. The summed E-state index contributed by atoms with van der Waals surface area (Å²) >= 11 is 0. The summed E-state index contributed by atoms with van der Waals surface area (Å²) in [7, 11) is -3.46. The van der Waals surface area contributed by atoms with Gasteiger partial charge in [-0.05, 0) is 29.4 Å². The van der Waals surface area contributed by atoms with Gasteiger partial charge >= 0.3 is 8.41 Å². The van der Waals surface area contributed by atoms with Crippen molar-refractivity contribution in [3.8, 4) is 0 Å². The fourth-order valence-electron chi connectivity index (χ4n) is 2.79. The number of halogens is 1. The third-order valence-electron chi connectivity index (χ3n) is 4.02. The minimum absolute atomic E-state index is 0.300. The highest BCUT2D eigenvalue weighted by molar-refractivity contribution is 6.98. The van der Waals surface area contributed by atoms with E-state index in [0.717, 1.165) is 10.9 Å². The average Bonchev–Trinajstić information content (AvgIpc) is 2.68. The zero-order valence-corrected chi connectivity index (χ0v) is 14.8. The lowest BCUT2D eigenvalue weighted by Crippen LogP contribution is -2.54. The summed E-state index contributed by atoms with van der Waals surface area (Å²) in [4.78, 5) is 0. The minimum atomic E-state index is -3.46. The normalized spacial score (nSPS) is 13.5. The van der Waals surface area contributed by atoms with Gasteiger partial charge in [0, 0.05) is 5.19 Å². The molecule has 0 aromatic heterocycles. The molecule has 3 aromatic rings. The van der Waals surface area contributed by atoms with Crippen molar-refractivity contribution in [2.24, 2.45) is 10.2 Å². The van der Waals surface area contributed by atoms with Crippen LogP contribution in [0.4, 0.5) is 15.5 Å². The fourth-order valence-corrected chi connectivity index (χ4v) is 5.57. The van der Waals surface area contributed by atoms with E-state index in [1.54, 1.807) is 6.08 Å².